The van der Waals surface area contributed by atoms with Crippen molar-refractivity contribution in [3.05, 3.63) is 0 Å². The second kappa shape index (κ2) is 6.03. The first-order valence-corrected chi connectivity index (χ1v) is 4.10. The molecule has 0 saturated carbocycles. The van der Waals surface area contributed by atoms with Crippen molar-refractivity contribution in [3.8, 4) is 0 Å². The fourth-order valence-electron chi connectivity index (χ4n) is 1.52. The van der Waals surface area contributed by atoms with Crippen LogP contribution in [0.2, 0.25) is 0 Å². The minimum atomic E-state index is 0. The third-order valence-electron chi connectivity index (χ3n) is 2.44. The van der Waals surface area contributed by atoms with Gasteiger partial charge in [-0.3, -0.25) is 0 Å². The maximum Gasteiger partial charge on any atom is 0.0278 e. The number of hydrogen-bond acceptors (Lipinski definition) is 2. The lowest BCUT2D eigenvalue weighted by Crippen LogP contribution is -2.57. The Kier molecular flexibility index (Phi) is 7.54. The number of nitrogens with zero attached hydrogens (tertiary/aromatic N) is 1. The van der Waals surface area contributed by atoms with E-state index in [2.05, 4.69) is 31.1 Å². The molecule has 4 heteroatoms. The largest absolute Gasteiger partial charge is 0.309 e. The van der Waals surface area contributed by atoms with Crippen molar-refractivity contribution < 1.29 is 0 Å². The van der Waals surface area contributed by atoms with Gasteiger partial charge in [-0.25, -0.2) is 0 Å². The summed E-state index contributed by atoms with van der Waals surface area (Å²) < 4.78 is 0. The van der Waals surface area contributed by atoms with Gasteiger partial charge in [0, 0.05) is 25.2 Å². The molecule has 1 saturated heterocycles. The average molecular weight is 215 g/mol. The van der Waals surface area contributed by atoms with Gasteiger partial charge in [0.05, 0.1) is 0 Å². The van der Waals surface area contributed by atoms with Crippen molar-refractivity contribution >= 4 is 24.8 Å². The summed E-state index contributed by atoms with van der Waals surface area (Å²) in [5, 5.41) is 3.53. The van der Waals surface area contributed by atoms with Gasteiger partial charge >= 0.3 is 0 Å². The molecule has 2 nitrogen and oxygen atoms in total. The molecule has 1 N–H and O–H groups in total. The van der Waals surface area contributed by atoms with Gasteiger partial charge in [-0.15, -0.1) is 24.8 Å². The maximum absolute atomic E-state index is 3.53. The Morgan fingerprint density at radius 2 is 2.00 bits per heavy atom. The molecule has 0 amide bonds. The molecule has 1 fully saturated rings. The lowest BCUT2D eigenvalue weighted by Gasteiger charge is -2.39. The van der Waals surface area contributed by atoms with Gasteiger partial charge in [0.1, 0.15) is 0 Å². The van der Waals surface area contributed by atoms with Crippen LogP contribution in [-0.4, -0.2) is 37.1 Å². The number of likely N-dealkylation sites (N-methyl/N-ethyl adjacent to an activating group) is 1. The smallest absolute Gasteiger partial charge is 0.0278 e. The molecule has 12 heavy (non-hydrogen) atoms. The zero-order chi connectivity index (χ0) is 7.61. The first-order chi connectivity index (χ1) is 4.66. The van der Waals surface area contributed by atoms with E-state index in [1.54, 1.807) is 0 Å². The fourth-order valence-corrected chi connectivity index (χ4v) is 1.52. The second-order valence-corrected chi connectivity index (χ2v) is 3.58. The third kappa shape index (κ3) is 3.94. The van der Waals surface area contributed by atoms with Crippen LogP contribution in [0.1, 0.15) is 20.3 Å². The summed E-state index contributed by atoms with van der Waals surface area (Å²) in [6.07, 6.45) is 1.22. The van der Waals surface area contributed by atoms with E-state index in [9.17, 15) is 0 Å². The van der Waals surface area contributed by atoms with Crippen LogP contribution in [0.3, 0.4) is 0 Å². The quantitative estimate of drug-likeness (QED) is 0.713. The van der Waals surface area contributed by atoms with Gasteiger partial charge in [0.25, 0.3) is 0 Å². The minimum Gasteiger partial charge on any atom is -0.309 e. The molecule has 1 aliphatic rings. The van der Waals surface area contributed by atoms with E-state index < -0.39 is 0 Å². The second-order valence-electron chi connectivity index (χ2n) is 3.58. The molecule has 1 atom stereocenters. The van der Waals surface area contributed by atoms with E-state index in [4.69, 9.17) is 0 Å². The summed E-state index contributed by atoms with van der Waals surface area (Å²) in [5.74, 6) is 0. The first-order valence-electron chi connectivity index (χ1n) is 4.10. The molecule has 0 aromatic heterocycles. The predicted molar refractivity (Wildman–Crippen MR) is 58.7 cm³/mol. The Hall–Kier alpha value is 0.500. The van der Waals surface area contributed by atoms with Crippen LogP contribution in [0.25, 0.3) is 0 Å². The van der Waals surface area contributed by atoms with Crippen LogP contribution in [0.4, 0.5) is 0 Å². The van der Waals surface area contributed by atoms with Gasteiger partial charge in [0.15, 0.2) is 0 Å². The maximum atomic E-state index is 3.53. The molecule has 0 spiro atoms. The van der Waals surface area contributed by atoms with E-state index in [1.807, 2.05) is 0 Å². The molecule has 1 heterocycles. The van der Waals surface area contributed by atoms with Crippen molar-refractivity contribution in [1.29, 1.82) is 0 Å². The lowest BCUT2D eigenvalue weighted by molar-refractivity contribution is 0.167. The molecule has 76 valence electrons. The standard InChI is InChI=1S/C8H18N2.2ClH/c1-4-8(2)7-10(3)6-5-9-8;;/h9H,4-7H2,1-3H3;2*1H. The van der Waals surface area contributed by atoms with Crippen molar-refractivity contribution in [2.75, 3.05) is 26.7 Å². The zero-order valence-electron chi connectivity index (χ0n) is 8.09. The average Bonchev–Trinajstić information content (AvgIpc) is 1.88. The Labute approximate surface area is 87.9 Å². The molecule has 0 bridgehead atoms. The number of rotatable bonds is 1. The van der Waals surface area contributed by atoms with Crippen LogP contribution in [0.15, 0.2) is 0 Å². The van der Waals surface area contributed by atoms with Gasteiger partial charge in [-0.2, -0.15) is 0 Å². The first kappa shape index (κ1) is 15.0. The molecule has 0 radical (unpaired) electrons. The normalized spacial score (nSPS) is 30.2. The van der Waals surface area contributed by atoms with Crippen molar-refractivity contribution in [3.63, 3.8) is 0 Å². The molecule has 1 aliphatic heterocycles. The summed E-state index contributed by atoms with van der Waals surface area (Å²) in [6.45, 7) is 8.05. The molecule has 0 aromatic rings. The monoisotopic (exact) mass is 214 g/mol. The SMILES string of the molecule is CCC1(C)CN(C)CCN1.Cl.Cl. The summed E-state index contributed by atoms with van der Waals surface area (Å²) in [5.41, 5.74) is 0.368. The fraction of sp³-hybridized carbons (Fsp3) is 1.00. The Morgan fingerprint density at radius 3 is 2.33 bits per heavy atom. The third-order valence-corrected chi connectivity index (χ3v) is 2.44. The van der Waals surface area contributed by atoms with Crippen molar-refractivity contribution in [1.82, 2.24) is 10.2 Å². The summed E-state index contributed by atoms with van der Waals surface area (Å²) in [4.78, 5) is 2.39. The molecular weight excluding hydrogens is 195 g/mol. The van der Waals surface area contributed by atoms with Crippen LogP contribution >= 0.6 is 24.8 Å². The highest BCUT2D eigenvalue weighted by Gasteiger charge is 2.26. The van der Waals surface area contributed by atoms with Gasteiger partial charge in [-0.1, -0.05) is 6.92 Å². The molecule has 1 rings (SSSR count). The Morgan fingerprint density at radius 1 is 1.42 bits per heavy atom. The highest BCUT2D eigenvalue weighted by Crippen LogP contribution is 2.12. The van der Waals surface area contributed by atoms with Crippen molar-refractivity contribution in [2.45, 2.75) is 25.8 Å². The van der Waals surface area contributed by atoms with E-state index >= 15 is 0 Å². The molecule has 0 aliphatic carbocycles. The number of nitrogens with one attached hydrogen (secondary N) is 1. The van der Waals surface area contributed by atoms with Gasteiger partial charge in [-0.05, 0) is 20.4 Å². The molecule has 0 aromatic carbocycles. The number of hydrogen-bond donors (Lipinski definition) is 1. The lowest BCUT2D eigenvalue weighted by atomic mass is 9.96. The van der Waals surface area contributed by atoms with Crippen molar-refractivity contribution in [2.24, 2.45) is 0 Å². The summed E-state index contributed by atoms with van der Waals surface area (Å²) >= 11 is 0. The molecular formula is C8H20Cl2N2. The van der Waals surface area contributed by atoms with E-state index in [-0.39, 0.29) is 24.8 Å². The Balaban J connectivity index is 0. The Bertz CT molecular complexity index is 122. The van der Waals surface area contributed by atoms with E-state index in [0.29, 0.717) is 5.54 Å². The van der Waals surface area contributed by atoms with Crippen LogP contribution in [0, 0.1) is 0 Å². The zero-order valence-corrected chi connectivity index (χ0v) is 9.73. The number of halogens is 2. The number of piperazine rings is 1. The predicted octanol–water partition coefficient (Wildman–Crippen LogP) is 1.53. The van der Waals surface area contributed by atoms with E-state index in [0.717, 1.165) is 6.54 Å². The van der Waals surface area contributed by atoms with Crippen LogP contribution in [0.5, 0.6) is 0 Å². The van der Waals surface area contributed by atoms with Gasteiger partial charge < -0.3 is 10.2 Å². The summed E-state index contributed by atoms with van der Waals surface area (Å²) in [7, 11) is 2.19. The minimum absolute atomic E-state index is 0. The topological polar surface area (TPSA) is 15.3 Å². The highest BCUT2D eigenvalue weighted by atomic mass is 35.5. The van der Waals surface area contributed by atoms with Crippen LogP contribution < -0.4 is 5.32 Å². The summed E-state index contributed by atoms with van der Waals surface area (Å²) in [6, 6.07) is 0. The highest BCUT2D eigenvalue weighted by molar-refractivity contribution is 5.85. The van der Waals surface area contributed by atoms with Crippen LogP contribution in [-0.2, 0) is 0 Å². The molecule has 1 unspecified atom stereocenters. The van der Waals surface area contributed by atoms with Gasteiger partial charge in [0.2, 0.25) is 0 Å². The van der Waals surface area contributed by atoms with E-state index in [1.165, 1.54) is 19.5 Å².